The Morgan fingerprint density at radius 1 is 1.28 bits per heavy atom. The summed E-state index contributed by atoms with van der Waals surface area (Å²) in [6.45, 7) is 13.7. The van der Waals surface area contributed by atoms with Gasteiger partial charge in [0.1, 0.15) is 5.84 Å². The predicted octanol–water partition coefficient (Wildman–Crippen LogP) is 1.47. The van der Waals surface area contributed by atoms with Crippen LogP contribution in [0.1, 0.15) is 40.5 Å². The molecule has 0 amide bonds. The first kappa shape index (κ1) is 17.2. The highest BCUT2D eigenvalue weighted by Gasteiger charge is 2.22. The third-order valence-electron chi connectivity index (χ3n) is 3.46. The minimum absolute atomic E-state index is 0.227. The van der Waals surface area contributed by atoms with Crippen LogP contribution in [0.3, 0.4) is 0 Å². The fourth-order valence-electron chi connectivity index (χ4n) is 1.82. The number of amidine groups is 1. The lowest BCUT2D eigenvalue weighted by Crippen LogP contribution is -2.34. The number of rotatable bonds is 10. The van der Waals surface area contributed by atoms with Gasteiger partial charge < -0.3 is 21.2 Å². The van der Waals surface area contributed by atoms with Crippen LogP contribution in [0.2, 0.25) is 0 Å². The van der Waals surface area contributed by atoms with Gasteiger partial charge in [0.2, 0.25) is 0 Å². The van der Waals surface area contributed by atoms with Crippen LogP contribution < -0.4 is 11.1 Å². The summed E-state index contributed by atoms with van der Waals surface area (Å²) in [6, 6.07) is 0. The molecule has 0 spiro atoms. The van der Waals surface area contributed by atoms with Gasteiger partial charge in [-0.2, -0.15) is 0 Å². The number of likely N-dealkylation sites (N-methyl/N-ethyl adjacent to an activating group) is 1. The molecule has 18 heavy (non-hydrogen) atoms. The fourth-order valence-corrected chi connectivity index (χ4v) is 1.82. The summed E-state index contributed by atoms with van der Waals surface area (Å²) in [5.41, 5.74) is 5.41. The van der Waals surface area contributed by atoms with Crippen LogP contribution in [0.25, 0.3) is 0 Å². The van der Waals surface area contributed by atoms with Gasteiger partial charge in [-0.25, -0.2) is 0 Å². The highest BCUT2D eigenvalue weighted by atomic mass is 16.4. The molecule has 0 fully saturated rings. The average molecular weight is 258 g/mol. The maximum Gasteiger partial charge on any atom is 0.144 e. The lowest BCUT2D eigenvalue weighted by molar-refractivity contribution is 0.298. The van der Waals surface area contributed by atoms with Crippen molar-refractivity contribution < 1.29 is 5.21 Å². The normalized spacial score (nSPS) is 13.3. The van der Waals surface area contributed by atoms with E-state index in [2.05, 4.69) is 29.2 Å². The summed E-state index contributed by atoms with van der Waals surface area (Å²) in [7, 11) is 0. The zero-order chi connectivity index (χ0) is 14.0. The van der Waals surface area contributed by atoms with Gasteiger partial charge in [0, 0.05) is 18.5 Å². The van der Waals surface area contributed by atoms with E-state index in [-0.39, 0.29) is 5.41 Å². The Balaban J connectivity index is 3.63. The van der Waals surface area contributed by atoms with Crippen LogP contribution in [0, 0.1) is 5.41 Å². The molecule has 0 unspecified atom stereocenters. The van der Waals surface area contributed by atoms with E-state index >= 15 is 0 Å². The number of hydrogen-bond acceptors (Lipinski definition) is 4. The van der Waals surface area contributed by atoms with Crippen molar-refractivity contribution in [2.75, 3.05) is 32.7 Å². The SMILES string of the molecule is CCN(CC)CCNCCCC(C)(C)C(N)=NO. The molecule has 5 nitrogen and oxygen atoms in total. The molecule has 5 heteroatoms. The van der Waals surface area contributed by atoms with Crippen molar-refractivity contribution in [2.45, 2.75) is 40.5 Å². The van der Waals surface area contributed by atoms with Gasteiger partial charge >= 0.3 is 0 Å². The fraction of sp³-hybridized carbons (Fsp3) is 0.923. The molecule has 0 aromatic rings. The molecule has 0 radical (unpaired) electrons. The molecular weight excluding hydrogens is 228 g/mol. The second-order valence-corrected chi connectivity index (χ2v) is 5.25. The van der Waals surface area contributed by atoms with E-state index in [0.717, 1.165) is 45.6 Å². The van der Waals surface area contributed by atoms with Crippen LogP contribution in [0.5, 0.6) is 0 Å². The topological polar surface area (TPSA) is 73.9 Å². The maximum atomic E-state index is 8.67. The van der Waals surface area contributed by atoms with Crippen LogP contribution >= 0.6 is 0 Å². The van der Waals surface area contributed by atoms with E-state index in [1.165, 1.54) is 0 Å². The Morgan fingerprint density at radius 3 is 2.39 bits per heavy atom. The van der Waals surface area contributed by atoms with E-state index in [1.54, 1.807) is 0 Å². The van der Waals surface area contributed by atoms with Gasteiger partial charge in [-0.1, -0.05) is 32.9 Å². The molecule has 0 atom stereocenters. The lowest BCUT2D eigenvalue weighted by Gasteiger charge is -2.23. The summed E-state index contributed by atoms with van der Waals surface area (Å²) in [5.74, 6) is 0.311. The lowest BCUT2D eigenvalue weighted by atomic mass is 9.86. The van der Waals surface area contributed by atoms with Gasteiger partial charge in [0.25, 0.3) is 0 Å². The molecule has 0 aliphatic carbocycles. The first-order valence-electron chi connectivity index (χ1n) is 6.89. The third kappa shape index (κ3) is 6.81. The quantitative estimate of drug-likeness (QED) is 0.182. The highest BCUT2D eigenvalue weighted by Crippen LogP contribution is 2.21. The van der Waals surface area contributed by atoms with Crippen molar-refractivity contribution in [3.05, 3.63) is 0 Å². The number of nitrogens with one attached hydrogen (secondary N) is 1. The van der Waals surface area contributed by atoms with Crippen molar-refractivity contribution in [1.82, 2.24) is 10.2 Å². The molecule has 4 N–H and O–H groups in total. The second-order valence-electron chi connectivity index (χ2n) is 5.25. The van der Waals surface area contributed by atoms with E-state index in [1.807, 2.05) is 13.8 Å². The molecule has 0 heterocycles. The average Bonchev–Trinajstić information content (AvgIpc) is 2.37. The minimum Gasteiger partial charge on any atom is -0.409 e. The van der Waals surface area contributed by atoms with Gasteiger partial charge in [-0.3, -0.25) is 0 Å². The van der Waals surface area contributed by atoms with Crippen molar-refractivity contribution in [3.8, 4) is 0 Å². The zero-order valence-electron chi connectivity index (χ0n) is 12.4. The summed E-state index contributed by atoms with van der Waals surface area (Å²) >= 11 is 0. The smallest absolute Gasteiger partial charge is 0.144 e. The van der Waals surface area contributed by atoms with Crippen LogP contribution in [-0.4, -0.2) is 48.7 Å². The predicted molar refractivity (Wildman–Crippen MR) is 77.1 cm³/mol. The van der Waals surface area contributed by atoms with Crippen molar-refractivity contribution in [1.29, 1.82) is 0 Å². The molecular formula is C13H30N4O. The van der Waals surface area contributed by atoms with E-state index in [0.29, 0.717) is 5.84 Å². The van der Waals surface area contributed by atoms with Crippen molar-refractivity contribution in [2.24, 2.45) is 16.3 Å². The first-order valence-corrected chi connectivity index (χ1v) is 6.89. The first-order chi connectivity index (χ1) is 8.47. The Hall–Kier alpha value is -0.810. The standard InChI is InChI=1S/C13H30N4O/c1-5-17(6-2)11-10-15-9-7-8-13(3,4)12(14)16-18/h15,18H,5-11H2,1-4H3,(H2,14,16). The minimum atomic E-state index is -0.227. The number of oxime groups is 1. The zero-order valence-corrected chi connectivity index (χ0v) is 12.4. The molecule has 0 aromatic heterocycles. The van der Waals surface area contributed by atoms with Gasteiger partial charge in [0.15, 0.2) is 0 Å². The van der Waals surface area contributed by atoms with E-state index in [9.17, 15) is 0 Å². The summed E-state index contributed by atoms with van der Waals surface area (Å²) in [4.78, 5) is 2.40. The van der Waals surface area contributed by atoms with Crippen molar-refractivity contribution in [3.63, 3.8) is 0 Å². The van der Waals surface area contributed by atoms with Crippen LogP contribution in [0.15, 0.2) is 5.16 Å². The van der Waals surface area contributed by atoms with Crippen LogP contribution in [-0.2, 0) is 0 Å². The van der Waals surface area contributed by atoms with Gasteiger partial charge in [-0.05, 0) is 32.5 Å². The number of nitrogens with two attached hydrogens (primary N) is 1. The van der Waals surface area contributed by atoms with Crippen LogP contribution in [0.4, 0.5) is 0 Å². The third-order valence-corrected chi connectivity index (χ3v) is 3.46. The summed E-state index contributed by atoms with van der Waals surface area (Å²) < 4.78 is 0. The summed E-state index contributed by atoms with van der Waals surface area (Å²) in [6.07, 6.45) is 1.95. The largest absolute Gasteiger partial charge is 0.409 e. The van der Waals surface area contributed by atoms with E-state index in [4.69, 9.17) is 10.9 Å². The molecule has 108 valence electrons. The summed E-state index contributed by atoms with van der Waals surface area (Å²) in [5, 5.41) is 15.2. The van der Waals surface area contributed by atoms with Gasteiger partial charge in [-0.15, -0.1) is 0 Å². The highest BCUT2D eigenvalue weighted by molar-refractivity contribution is 5.85. The number of nitrogens with zero attached hydrogens (tertiary/aromatic N) is 2. The van der Waals surface area contributed by atoms with Crippen molar-refractivity contribution >= 4 is 5.84 Å². The molecule has 0 rings (SSSR count). The molecule has 0 aromatic carbocycles. The molecule has 0 saturated heterocycles. The molecule has 0 aliphatic heterocycles. The Labute approximate surface area is 111 Å². The van der Waals surface area contributed by atoms with Gasteiger partial charge in [0.05, 0.1) is 0 Å². The second kappa shape index (κ2) is 9.16. The number of hydrogen-bond donors (Lipinski definition) is 3. The maximum absolute atomic E-state index is 8.67. The monoisotopic (exact) mass is 258 g/mol. The molecule has 0 saturated carbocycles. The Kier molecular flexibility index (Phi) is 8.75. The van der Waals surface area contributed by atoms with E-state index < -0.39 is 0 Å². The Morgan fingerprint density at radius 2 is 1.89 bits per heavy atom. The Bertz CT molecular complexity index is 237. The molecule has 0 aliphatic rings. The molecule has 0 bridgehead atoms.